The molecule has 1 amide bonds. The van der Waals surface area contributed by atoms with Gasteiger partial charge in [0.25, 0.3) is 5.91 Å². The quantitative estimate of drug-likeness (QED) is 0.391. The molecule has 1 saturated heterocycles. The van der Waals surface area contributed by atoms with E-state index in [9.17, 15) is 14.7 Å². The van der Waals surface area contributed by atoms with Crippen LogP contribution in [0.4, 0.5) is 20.2 Å². The van der Waals surface area contributed by atoms with Crippen LogP contribution in [0.15, 0.2) is 48.7 Å². The third-order valence-electron chi connectivity index (χ3n) is 6.57. The Labute approximate surface area is 220 Å². The van der Waals surface area contributed by atoms with E-state index >= 15 is 8.78 Å². The van der Waals surface area contributed by atoms with Crippen molar-refractivity contribution in [1.82, 2.24) is 20.1 Å². The summed E-state index contributed by atoms with van der Waals surface area (Å²) in [5.74, 6) is -5.11. The molecule has 3 N–H and O–H groups in total. The maximum atomic E-state index is 15.4. The van der Waals surface area contributed by atoms with E-state index in [2.05, 4.69) is 20.5 Å². The number of piperazine rings is 1. The summed E-state index contributed by atoms with van der Waals surface area (Å²) in [5, 5.41) is 15.8. The summed E-state index contributed by atoms with van der Waals surface area (Å²) in [6.45, 7) is 7.75. The second kappa shape index (κ2) is 12.1. The summed E-state index contributed by atoms with van der Waals surface area (Å²) >= 11 is 0. The van der Waals surface area contributed by atoms with Gasteiger partial charge in [-0.1, -0.05) is 23.8 Å². The van der Waals surface area contributed by atoms with E-state index in [1.54, 1.807) is 43.5 Å². The minimum absolute atomic E-state index is 0.0673. The average molecular weight is 524 g/mol. The minimum Gasteiger partial charge on any atom is -0.478 e. The van der Waals surface area contributed by atoms with Crippen molar-refractivity contribution in [2.75, 3.05) is 44.6 Å². The minimum atomic E-state index is -1.48. The number of aryl methyl sites for hydroxylation is 2. The summed E-state index contributed by atoms with van der Waals surface area (Å²) in [7, 11) is 0. The predicted molar refractivity (Wildman–Crippen MR) is 141 cm³/mol. The van der Waals surface area contributed by atoms with Crippen LogP contribution < -0.4 is 10.6 Å². The number of nitrogens with zero attached hydrogens (tertiary/aromatic N) is 3. The first-order valence-electron chi connectivity index (χ1n) is 12.5. The van der Waals surface area contributed by atoms with Crippen molar-refractivity contribution in [3.63, 3.8) is 0 Å². The van der Waals surface area contributed by atoms with Crippen molar-refractivity contribution in [3.05, 3.63) is 88.2 Å². The van der Waals surface area contributed by atoms with Gasteiger partial charge in [-0.25, -0.2) is 13.6 Å². The van der Waals surface area contributed by atoms with Gasteiger partial charge >= 0.3 is 5.97 Å². The summed E-state index contributed by atoms with van der Waals surface area (Å²) in [4.78, 5) is 33.5. The van der Waals surface area contributed by atoms with E-state index in [0.717, 1.165) is 43.4 Å². The van der Waals surface area contributed by atoms with E-state index in [1.165, 1.54) is 4.90 Å². The molecule has 38 heavy (non-hydrogen) atoms. The molecule has 0 radical (unpaired) electrons. The number of carboxylic acid groups (broad SMARTS) is 1. The highest BCUT2D eigenvalue weighted by Gasteiger charge is 2.29. The summed E-state index contributed by atoms with van der Waals surface area (Å²) in [5.41, 5.74) is 1.01. The van der Waals surface area contributed by atoms with Crippen LogP contribution in [0.5, 0.6) is 0 Å². The smallest absolute Gasteiger partial charge is 0.337 e. The summed E-state index contributed by atoms with van der Waals surface area (Å²) < 4.78 is 30.8. The first-order valence-corrected chi connectivity index (χ1v) is 12.5. The van der Waals surface area contributed by atoms with Crippen LogP contribution in [0.2, 0.25) is 0 Å². The Hall–Kier alpha value is -3.89. The van der Waals surface area contributed by atoms with E-state index in [1.807, 2.05) is 13.0 Å². The van der Waals surface area contributed by atoms with Crippen LogP contribution in [0.1, 0.15) is 37.5 Å². The Kier molecular flexibility index (Phi) is 8.65. The molecule has 0 unspecified atom stereocenters. The standard InChI is InChI=1S/C28H31F2N5O3/c1-18-6-7-23(19(2)15-18)33-26-22(28(37)38)16-21(24(29)25(26)30)27(36)35(17-20-5-3-4-8-32-20)14-13-34-11-9-31-10-12-34/h3-8,15-16,31,33H,9-14,17H2,1-2H3,(H,37,38). The van der Waals surface area contributed by atoms with Crippen molar-refractivity contribution in [2.45, 2.75) is 20.4 Å². The van der Waals surface area contributed by atoms with E-state index in [4.69, 9.17) is 0 Å². The molecule has 10 heteroatoms. The number of nitrogens with one attached hydrogen (secondary N) is 2. The van der Waals surface area contributed by atoms with Crippen LogP contribution in [0, 0.1) is 25.5 Å². The van der Waals surface area contributed by atoms with Gasteiger partial charge in [-0.15, -0.1) is 0 Å². The SMILES string of the molecule is Cc1ccc(Nc2c(C(=O)O)cc(C(=O)N(CCN3CCNCC3)Cc3ccccn3)c(F)c2F)c(C)c1. The molecule has 0 bridgehead atoms. The number of anilines is 2. The van der Waals surface area contributed by atoms with Gasteiger partial charge in [-0.2, -0.15) is 0 Å². The summed E-state index contributed by atoms with van der Waals surface area (Å²) in [6, 6.07) is 11.4. The lowest BCUT2D eigenvalue weighted by Crippen LogP contribution is -2.47. The Bertz CT molecular complexity index is 1310. The fourth-order valence-electron chi connectivity index (χ4n) is 4.47. The number of pyridine rings is 1. The predicted octanol–water partition coefficient (Wildman–Crippen LogP) is 3.97. The normalized spacial score (nSPS) is 13.8. The van der Waals surface area contributed by atoms with Crippen LogP contribution in [-0.2, 0) is 6.54 Å². The lowest BCUT2D eigenvalue weighted by Gasteiger charge is -2.30. The Balaban J connectivity index is 1.67. The number of hydrogen-bond acceptors (Lipinski definition) is 6. The lowest BCUT2D eigenvalue weighted by molar-refractivity contribution is 0.0697. The maximum absolute atomic E-state index is 15.4. The van der Waals surface area contributed by atoms with Gasteiger partial charge < -0.3 is 20.6 Å². The van der Waals surface area contributed by atoms with E-state index < -0.39 is 40.3 Å². The van der Waals surface area contributed by atoms with Gasteiger partial charge in [0.2, 0.25) is 0 Å². The Morgan fingerprint density at radius 2 is 1.84 bits per heavy atom. The first kappa shape index (κ1) is 27.2. The molecule has 1 aliphatic heterocycles. The number of carboxylic acids is 1. The lowest BCUT2D eigenvalue weighted by atomic mass is 10.0. The number of aromatic nitrogens is 1. The van der Waals surface area contributed by atoms with Gasteiger partial charge in [0, 0.05) is 51.2 Å². The highest BCUT2D eigenvalue weighted by atomic mass is 19.2. The fourth-order valence-corrected chi connectivity index (χ4v) is 4.47. The third-order valence-corrected chi connectivity index (χ3v) is 6.57. The molecule has 1 aliphatic rings. The number of hydrogen-bond donors (Lipinski definition) is 3. The molecule has 2 aromatic carbocycles. The topological polar surface area (TPSA) is 97.8 Å². The highest BCUT2D eigenvalue weighted by molar-refractivity contribution is 6.01. The number of aromatic carboxylic acids is 1. The van der Waals surface area contributed by atoms with Crippen molar-refractivity contribution < 1.29 is 23.5 Å². The van der Waals surface area contributed by atoms with Gasteiger partial charge in [0.15, 0.2) is 11.6 Å². The van der Waals surface area contributed by atoms with Crippen molar-refractivity contribution in [3.8, 4) is 0 Å². The number of halogens is 2. The molecule has 0 atom stereocenters. The second-order valence-electron chi connectivity index (χ2n) is 9.36. The zero-order chi connectivity index (χ0) is 27.2. The van der Waals surface area contributed by atoms with E-state index in [0.29, 0.717) is 17.9 Å². The largest absolute Gasteiger partial charge is 0.478 e. The molecule has 8 nitrogen and oxygen atoms in total. The number of amides is 1. The third kappa shape index (κ3) is 6.32. The number of benzene rings is 2. The summed E-state index contributed by atoms with van der Waals surface area (Å²) in [6.07, 6.45) is 1.59. The molecule has 0 saturated carbocycles. The number of rotatable bonds is 9. The Morgan fingerprint density at radius 1 is 1.08 bits per heavy atom. The number of carbonyl (C=O) groups excluding carboxylic acids is 1. The molecule has 200 valence electrons. The van der Waals surface area contributed by atoms with E-state index in [-0.39, 0.29) is 13.1 Å². The molecule has 3 aromatic rings. The molecule has 1 fully saturated rings. The van der Waals surface area contributed by atoms with Crippen molar-refractivity contribution in [2.24, 2.45) is 0 Å². The average Bonchev–Trinajstić information content (AvgIpc) is 2.91. The van der Waals surface area contributed by atoms with Crippen molar-refractivity contribution >= 4 is 23.3 Å². The van der Waals surface area contributed by atoms with Crippen LogP contribution in [-0.4, -0.2) is 71.0 Å². The monoisotopic (exact) mass is 523 g/mol. The Morgan fingerprint density at radius 3 is 2.50 bits per heavy atom. The molecular formula is C28H31F2N5O3. The number of carbonyl (C=O) groups is 2. The van der Waals surface area contributed by atoms with Gasteiger partial charge in [-0.3, -0.25) is 14.7 Å². The molecule has 1 aromatic heterocycles. The molecule has 0 aliphatic carbocycles. The molecular weight excluding hydrogens is 492 g/mol. The van der Waals surface area contributed by atoms with Gasteiger partial charge in [-0.05, 0) is 43.7 Å². The van der Waals surface area contributed by atoms with Crippen LogP contribution in [0.3, 0.4) is 0 Å². The van der Waals surface area contributed by atoms with Crippen molar-refractivity contribution in [1.29, 1.82) is 0 Å². The van der Waals surface area contributed by atoms with Crippen LogP contribution >= 0.6 is 0 Å². The first-order chi connectivity index (χ1) is 18.2. The molecule has 2 heterocycles. The maximum Gasteiger partial charge on any atom is 0.337 e. The zero-order valence-corrected chi connectivity index (χ0v) is 21.4. The van der Waals surface area contributed by atoms with Crippen LogP contribution in [0.25, 0.3) is 0 Å². The molecule has 4 rings (SSSR count). The zero-order valence-electron chi connectivity index (χ0n) is 21.4. The van der Waals surface area contributed by atoms with Gasteiger partial charge in [0.1, 0.15) is 0 Å². The highest BCUT2D eigenvalue weighted by Crippen LogP contribution is 2.31. The van der Waals surface area contributed by atoms with Gasteiger partial charge in [0.05, 0.1) is 29.1 Å². The second-order valence-corrected chi connectivity index (χ2v) is 9.36. The molecule has 0 spiro atoms. The fraction of sp³-hybridized carbons (Fsp3) is 0.321.